The van der Waals surface area contributed by atoms with Crippen molar-refractivity contribution in [2.75, 3.05) is 6.61 Å². The molecule has 4 heteroatoms. The summed E-state index contributed by atoms with van der Waals surface area (Å²) in [5.74, 6) is -2.05. The van der Waals surface area contributed by atoms with E-state index in [2.05, 4.69) is 0 Å². The second-order valence-electron chi connectivity index (χ2n) is 2.76. The van der Waals surface area contributed by atoms with Gasteiger partial charge in [0, 0.05) is 6.92 Å². The lowest BCUT2D eigenvalue weighted by atomic mass is 10.1. The summed E-state index contributed by atoms with van der Waals surface area (Å²) in [6, 6.07) is 0. The number of carbonyl (C=O) groups excluding carboxylic acids is 1. The second-order valence-corrected chi connectivity index (χ2v) is 2.76. The SMILES string of the molecule is CCOC1=C(C)C(=O)C(C)(O)O1. The average molecular weight is 172 g/mol. The molecule has 1 rings (SSSR count). The van der Waals surface area contributed by atoms with E-state index in [1.54, 1.807) is 13.8 Å². The molecule has 0 bridgehead atoms. The Morgan fingerprint density at radius 3 is 2.58 bits per heavy atom. The predicted octanol–water partition coefficient (Wildman–Crippen LogP) is 0.562. The number of ether oxygens (including phenoxy) is 2. The molecule has 4 nitrogen and oxygen atoms in total. The third-order valence-electron chi connectivity index (χ3n) is 1.63. The van der Waals surface area contributed by atoms with E-state index in [1.165, 1.54) is 6.92 Å². The molecule has 0 saturated heterocycles. The van der Waals surface area contributed by atoms with Gasteiger partial charge in [-0.25, -0.2) is 0 Å². The summed E-state index contributed by atoms with van der Waals surface area (Å²) in [6.07, 6.45) is 0. The minimum atomic E-state index is -1.74. The van der Waals surface area contributed by atoms with Gasteiger partial charge in [0.05, 0.1) is 12.2 Å². The van der Waals surface area contributed by atoms with E-state index in [1.807, 2.05) is 0 Å². The largest absolute Gasteiger partial charge is 0.465 e. The molecule has 0 spiro atoms. The van der Waals surface area contributed by atoms with Crippen LogP contribution in [0.5, 0.6) is 0 Å². The van der Waals surface area contributed by atoms with Gasteiger partial charge in [0.2, 0.25) is 5.78 Å². The Balaban J connectivity index is 2.84. The van der Waals surface area contributed by atoms with E-state index >= 15 is 0 Å². The van der Waals surface area contributed by atoms with Crippen molar-refractivity contribution in [3.63, 3.8) is 0 Å². The van der Waals surface area contributed by atoms with E-state index in [0.29, 0.717) is 12.2 Å². The quantitative estimate of drug-likeness (QED) is 0.661. The molecule has 1 aliphatic heterocycles. The first kappa shape index (κ1) is 9.06. The molecule has 0 amide bonds. The van der Waals surface area contributed by atoms with Crippen molar-refractivity contribution in [3.05, 3.63) is 11.5 Å². The monoisotopic (exact) mass is 172 g/mol. The highest BCUT2D eigenvalue weighted by atomic mass is 16.7. The highest BCUT2D eigenvalue weighted by molar-refractivity contribution is 6.01. The molecule has 0 fully saturated rings. The Labute approximate surface area is 70.8 Å². The zero-order chi connectivity index (χ0) is 9.35. The van der Waals surface area contributed by atoms with Crippen LogP contribution >= 0.6 is 0 Å². The minimum Gasteiger partial charge on any atom is -0.465 e. The fourth-order valence-electron chi connectivity index (χ4n) is 1.01. The Kier molecular flexibility index (Phi) is 2.10. The van der Waals surface area contributed by atoms with Crippen molar-refractivity contribution in [1.82, 2.24) is 0 Å². The zero-order valence-electron chi connectivity index (χ0n) is 7.38. The highest BCUT2D eigenvalue weighted by Gasteiger charge is 2.43. The molecular formula is C8H12O4. The molecule has 0 aromatic heterocycles. The summed E-state index contributed by atoms with van der Waals surface area (Å²) < 4.78 is 9.87. The number of hydrogen-bond acceptors (Lipinski definition) is 4. The van der Waals surface area contributed by atoms with E-state index in [0.717, 1.165) is 0 Å². The lowest BCUT2D eigenvalue weighted by Crippen LogP contribution is -2.32. The standard InChI is InChI=1S/C8H12O4/c1-4-11-7-5(2)6(9)8(3,10)12-7/h10H,4H2,1-3H3. The van der Waals surface area contributed by atoms with Gasteiger partial charge < -0.3 is 14.6 Å². The second kappa shape index (κ2) is 2.79. The summed E-state index contributed by atoms with van der Waals surface area (Å²) >= 11 is 0. The molecule has 1 N–H and O–H groups in total. The topological polar surface area (TPSA) is 55.8 Å². The van der Waals surface area contributed by atoms with Crippen LogP contribution in [0.2, 0.25) is 0 Å². The lowest BCUT2D eigenvalue weighted by Gasteiger charge is -2.15. The van der Waals surface area contributed by atoms with Crippen molar-refractivity contribution >= 4 is 5.78 Å². The van der Waals surface area contributed by atoms with Gasteiger partial charge in [-0.15, -0.1) is 0 Å². The first-order chi connectivity index (χ1) is 5.49. The van der Waals surface area contributed by atoms with Crippen LogP contribution in [0.15, 0.2) is 11.5 Å². The Morgan fingerprint density at radius 2 is 2.25 bits per heavy atom. The Hall–Kier alpha value is -1.03. The van der Waals surface area contributed by atoms with Crippen LogP contribution in [-0.2, 0) is 14.3 Å². The molecule has 0 radical (unpaired) electrons. The van der Waals surface area contributed by atoms with Crippen LogP contribution in [0.25, 0.3) is 0 Å². The molecule has 0 aromatic carbocycles. The molecule has 1 aliphatic rings. The van der Waals surface area contributed by atoms with Gasteiger partial charge in [-0.3, -0.25) is 4.79 Å². The summed E-state index contributed by atoms with van der Waals surface area (Å²) in [7, 11) is 0. The summed E-state index contributed by atoms with van der Waals surface area (Å²) in [5, 5.41) is 9.34. The number of Topliss-reactive ketones (excluding diaryl/α,β-unsaturated/α-hetero) is 1. The highest BCUT2D eigenvalue weighted by Crippen LogP contribution is 2.28. The number of hydrogen-bond donors (Lipinski definition) is 1. The van der Waals surface area contributed by atoms with Gasteiger partial charge in [-0.1, -0.05) is 0 Å². The molecule has 0 saturated carbocycles. The van der Waals surface area contributed by atoms with Gasteiger partial charge in [0.1, 0.15) is 0 Å². The number of aliphatic hydroxyl groups is 1. The van der Waals surface area contributed by atoms with Gasteiger partial charge in [0.15, 0.2) is 0 Å². The van der Waals surface area contributed by atoms with Crippen molar-refractivity contribution in [3.8, 4) is 0 Å². The van der Waals surface area contributed by atoms with Crippen LogP contribution in [-0.4, -0.2) is 23.3 Å². The van der Waals surface area contributed by atoms with Crippen LogP contribution in [0.1, 0.15) is 20.8 Å². The third kappa shape index (κ3) is 1.30. The first-order valence-corrected chi connectivity index (χ1v) is 3.79. The molecule has 1 atom stereocenters. The van der Waals surface area contributed by atoms with Gasteiger partial charge >= 0.3 is 0 Å². The fraction of sp³-hybridized carbons (Fsp3) is 0.625. The fourth-order valence-corrected chi connectivity index (χ4v) is 1.01. The van der Waals surface area contributed by atoms with Crippen LogP contribution in [0.4, 0.5) is 0 Å². The van der Waals surface area contributed by atoms with Gasteiger partial charge in [0.25, 0.3) is 11.7 Å². The number of carbonyl (C=O) groups is 1. The number of ketones is 1. The summed E-state index contributed by atoms with van der Waals surface area (Å²) in [5.41, 5.74) is 0.335. The van der Waals surface area contributed by atoms with E-state index in [4.69, 9.17) is 9.47 Å². The molecular weight excluding hydrogens is 160 g/mol. The maximum absolute atomic E-state index is 11.2. The summed E-state index contributed by atoms with van der Waals surface area (Å²) in [4.78, 5) is 11.2. The van der Waals surface area contributed by atoms with Crippen molar-refractivity contribution in [2.45, 2.75) is 26.6 Å². The average Bonchev–Trinajstić information content (AvgIpc) is 2.16. The maximum atomic E-state index is 11.2. The van der Waals surface area contributed by atoms with Crippen molar-refractivity contribution < 1.29 is 19.4 Å². The molecule has 1 unspecified atom stereocenters. The van der Waals surface area contributed by atoms with E-state index in [9.17, 15) is 9.90 Å². The van der Waals surface area contributed by atoms with Gasteiger partial charge in [-0.2, -0.15) is 0 Å². The third-order valence-corrected chi connectivity index (χ3v) is 1.63. The smallest absolute Gasteiger partial charge is 0.289 e. The van der Waals surface area contributed by atoms with Crippen molar-refractivity contribution in [2.24, 2.45) is 0 Å². The zero-order valence-corrected chi connectivity index (χ0v) is 7.38. The lowest BCUT2D eigenvalue weighted by molar-refractivity contribution is -0.183. The normalized spacial score (nSPS) is 29.2. The van der Waals surface area contributed by atoms with E-state index < -0.39 is 11.6 Å². The van der Waals surface area contributed by atoms with Crippen molar-refractivity contribution in [1.29, 1.82) is 0 Å². The summed E-state index contributed by atoms with van der Waals surface area (Å²) in [6.45, 7) is 5.05. The van der Waals surface area contributed by atoms with Gasteiger partial charge in [-0.05, 0) is 13.8 Å². The Bertz CT molecular complexity index is 239. The molecule has 0 aromatic rings. The first-order valence-electron chi connectivity index (χ1n) is 3.79. The van der Waals surface area contributed by atoms with E-state index in [-0.39, 0.29) is 5.95 Å². The number of rotatable bonds is 2. The molecule has 1 heterocycles. The van der Waals surface area contributed by atoms with Crippen LogP contribution in [0, 0.1) is 0 Å². The van der Waals surface area contributed by atoms with Crippen LogP contribution < -0.4 is 0 Å². The predicted molar refractivity (Wildman–Crippen MR) is 41.0 cm³/mol. The maximum Gasteiger partial charge on any atom is 0.289 e. The Morgan fingerprint density at radius 1 is 1.67 bits per heavy atom. The van der Waals surface area contributed by atoms with Crippen LogP contribution in [0.3, 0.4) is 0 Å². The minimum absolute atomic E-state index is 0.132. The molecule has 68 valence electrons. The molecule has 12 heavy (non-hydrogen) atoms. The molecule has 0 aliphatic carbocycles.